The van der Waals surface area contributed by atoms with Crippen LogP contribution >= 0.6 is 0 Å². The molecule has 1 unspecified atom stereocenters. The monoisotopic (exact) mass is 516 g/mol. The zero-order chi connectivity index (χ0) is 26.9. The van der Waals surface area contributed by atoms with E-state index < -0.39 is 11.4 Å². The summed E-state index contributed by atoms with van der Waals surface area (Å²) in [7, 11) is 0. The second-order valence-electron chi connectivity index (χ2n) is 10.2. The Hall–Kier alpha value is -4.91. The van der Waals surface area contributed by atoms with Gasteiger partial charge in [-0.3, -0.25) is 14.4 Å². The van der Waals surface area contributed by atoms with E-state index in [-0.39, 0.29) is 29.2 Å². The number of amides is 2. The zero-order valence-electron chi connectivity index (χ0n) is 21.4. The number of para-hydroxylation sites is 1. The van der Waals surface area contributed by atoms with E-state index in [1.54, 1.807) is 29.2 Å². The average molecular weight is 517 g/mol. The Morgan fingerprint density at radius 2 is 1.64 bits per heavy atom. The second kappa shape index (κ2) is 8.30. The Morgan fingerprint density at radius 3 is 2.44 bits per heavy atom. The van der Waals surface area contributed by atoms with E-state index in [0.717, 1.165) is 16.7 Å². The number of carbonyl (C=O) groups is 2. The largest absolute Gasteiger partial charge is 0.467 e. The molecule has 7 rings (SSSR count). The fourth-order valence-corrected chi connectivity index (χ4v) is 6.00. The first kappa shape index (κ1) is 23.2. The van der Waals surface area contributed by atoms with Gasteiger partial charge < -0.3 is 18.6 Å². The number of anilines is 1. The van der Waals surface area contributed by atoms with Crippen molar-refractivity contribution in [1.29, 1.82) is 0 Å². The van der Waals surface area contributed by atoms with Crippen molar-refractivity contribution >= 4 is 28.5 Å². The quantitative estimate of drug-likeness (QED) is 0.317. The number of nitrogens with zero attached hydrogens (tertiary/aromatic N) is 2. The summed E-state index contributed by atoms with van der Waals surface area (Å²) in [5, 5.41) is 0.336. The highest BCUT2D eigenvalue weighted by atomic mass is 16.4. The average Bonchev–Trinajstić information content (AvgIpc) is 3.60. The van der Waals surface area contributed by atoms with Crippen LogP contribution in [0.25, 0.3) is 11.0 Å². The van der Waals surface area contributed by atoms with Crippen molar-refractivity contribution in [2.24, 2.45) is 0 Å². The molecule has 0 radical (unpaired) electrons. The molecule has 1 atom stereocenters. The maximum Gasteiger partial charge on any atom is 0.291 e. The van der Waals surface area contributed by atoms with Gasteiger partial charge >= 0.3 is 0 Å². The van der Waals surface area contributed by atoms with Gasteiger partial charge in [0.2, 0.25) is 5.76 Å². The Kier molecular flexibility index (Phi) is 4.94. The van der Waals surface area contributed by atoms with Gasteiger partial charge in [0.05, 0.1) is 36.0 Å². The van der Waals surface area contributed by atoms with E-state index in [4.69, 9.17) is 8.83 Å². The van der Waals surface area contributed by atoms with E-state index in [2.05, 4.69) is 0 Å². The van der Waals surface area contributed by atoms with Crippen LogP contribution in [0.1, 0.15) is 44.1 Å². The van der Waals surface area contributed by atoms with Crippen LogP contribution in [-0.2, 0) is 23.4 Å². The molecule has 0 aliphatic carbocycles. The summed E-state index contributed by atoms with van der Waals surface area (Å²) >= 11 is 0. The topological polar surface area (TPSA) is 84.0 Å². The van der Waals surface area contributed by atoms with Gasteiger partial charge in [-0.25, -0.2) is 0 Å². The van der Waals surface area contributed by atoms with Gasteiger partial charge in [-0.15, -0.1) is 0 Å². The number of furan rings is 1. The van der Waals surface area contributed by atoms with Crippen LogP contribution in [0.2, 0.25) is 0 Å². The summed E-state index contributed by atoms with van der Waals surface area (Å²) in [5.74, 6) is -0.512. The van der Waals surface area contributed by atoms with E-state index in [1.165, 1.54) is 11.2 Å². The fourth-order valence-electron chi connectivity index (χ4n) is 6.00. The maximum atomic E-state index is 14.8. The van der Waals surface area contributed by atoms with Crippen molar-refractivity contribution in [2.75, 3.05) is 4.90 Å². The van der Waals surface area contributed by atoms with Gasteiger partial charge in [0.15, 0.2) is 11.0 Å². The molecule has 0 bridgehead atoms. The number of carbonyl (C=O) groups excluding carboxylic acids is 2. The molecule has 7 nitrogen and oxygen atoms in total. The molecule has 3 aromatic carbocycles. The summed E-state index contributed by atoms with van der Waals surface area (Å²) in [4.78, 5) is 46.3. The minimum absolute atomic E-state index is 0.0108. The molecule has 39 heavy (non-hydrogen) atoms. The summed E-state index contributed by atoms with van der Waals surface area (Å²) < 4.78 is 11.7. The van der Waals surface area contributed by atoms with Crippen LogP contribution in [0.15, 0.2) is 98.8 Å². The highest BCUT2D eigenvalue weighted by molar-refractivity contribution is 6.17. The van der Waals surface area contributed by atoms with Crippen molar-refractivity contribution in [3.63, 3.8) is 0 Å². The van der Waals surface area contributed by atoms with Crippen LogP contribution in [0.4, 0.5) is 5.69 Å². The lowest BCUT2D eigenvalue weighted by Gasteiger charge is -2.33. The standard InChI is InChI=1S/C32H24N2O5/c1-19-13-14-26-23(16-19)28(35)27-29(39-26)30(36)34(18-22-10-7-15-38-22)32(27)24-11-5-6-12-25(24)33(31(32)37)17-21-9-4-3-8-20(21)2/h3-16H,17-18H2,1-2H3. The molecule has 4 heterocycles. The van der Waals surface area contributed by atoms with Crippen LogP contribution < -0.4 is 10.3 Å². The highest BCUT2D eigenvalue weighted by Gasteiger charge is 2.65. The molecule has 2 aliphatic rings. The summed E-state index contributed by atoms with van der Waals surface area (Å²) in [5.41, 5.74) is 2.40. The molecule has 5 aromatic rings. The van der Waals surface area contributed by atoms with Crippen molar-refractivity contribution in [3.8, 4) is 0 Å². The van der Waals surface area contributed by atoms with E-state index in [1.807, 2.05) is 68.4 Å². The number of hydrogen-bond donors (Lipinski definition) is 0. The van der Waals surface area contributed by atoms with Crippen molar-refractivity contribution in [1.82, 2.24) is 4.90 Å². The lowest BCUT2D eigenvalue weighted by Crippen LogP contribution is -2.52. The number of rotatable bonds is 4. The van der Waals surface area contributed by atoms with Crippen molar-refractivity contribution in [3.05, 3.63) is 135 Å². The van der Waals surface area contributed by atoms with Gasteiger partial charge in [-0.05, 0) is 55.3 Å². The minimum Gasteiger partial charge on any atom is -0.467 e. The molecule has 0 fully saturated rings. The van der Waals surface area contributed by atoms with Crippen LogP contribution in [0.3, 0.4) is 0 Å². The molecular formula is C32H24N2O5. The van der Waals surface area contributed by atoms with Gasteiger partial charge in [0, 0.05) is 5.56 Å². The predicted molar refractivity (Wildman–Crippen MR) is 145 cm³/mol. The minimum atomic E-state index is -1.70. The first-order chi connectivity index (χ1) is 18.9. The summed E-state index contributed by atoms with van der Waals surface area (Å²) in [6.45, 7) is 4.16. The highest BCUT2D eigenvalue weighted by Crippen LogP contribution is 2.53. The normalized spacial score (nSPS) is 17.9. The summed E-state index contributed by atoms with van der Waals surface area (Å²) in [6.07, 6.45) is 1.52. The second-order valence-corrected chi connectivity index (χ2v) is 10.2. The Bertz CT molecular complexity index is 1870. The third kappa shape index (κ3) is 3.13. The first-order valence-electron chi connectivity index (χ1n) is 12.8. The van der Waals surface area contributed by atoms with E-state index in [0.29, 0.717) is 34.5 Å². The lowest BCUT2D eigenvalue weighted by molar-refractivity contribution is -0.126. The molecule has 2 amide bonds. The molecule has 0 N–H and O–H groups in total. The Labute approximate surface area is 223 Å². The smallest absolute Gasteiger partial charge is 0.291 e. The van der Waals surface area contributed by atoms with Gasteiger partial charge in [-0.1, -0.05) is 54.1 Å². The molecule has 2 aromatic heterocycles. The lowest BCUT2D eigenvalue weighted by atomic mass is 9.84. The van der Waals surface area contributed by atoms with Crippen LogP contribution in [0, 0.1) is 13.8 Å². The van der Waals surface area contributed by atoms with Gasteiger partial charge in [-0.2, -0.15) is 0 Å². The predicted octanol–water partition coefficient (Wildman–Crippen LogP) is 5.45. The van der Waals surface area contributed by atoms with Gasteiger partial charge in [0.25, 0.3) is 11.8 Å². The fraction of sp³-hybridized carbons (Fsp3) is 0.156. The molecule has 7 heteroatoms. The molecule has 1 spiro atoms. The SMILES string of the molecule is Cc1ccc2oc3c(c(=O)c2c1)C1(C(=O)N(Cc2ccccc2C)c2ccccc21)N(Cc1ccco1)C3=O. The van der Waals surface area contributed by atoms with Crippen molar-refractivity contribution < 1.29 is 18.4 Å². The van der Waals surface area contributed by atoms with E-state index >= 15 is 0 Å². The third-order valence-corrected chi connectivity index (χ3v) is 7.87. The Balaban J connectivity index is 1.53. The van der Waals surface area contributed by atoms with E-state index in [9.17, 15) is 14.4 Å². The van der Waals surface area contributed by atoms with Gasteiger partial charge in [0.1, 0.15) is 11.3 Å². The molecule has 0 saturated heterocycles. The Morgan fingerprint density at radius 1 is 0.846 bits per heavy atom. The van der Waals surface area contributed by atoms with Crippen molar-refractivity contribution in [2.45, 2.75) is 32.5 Å². The summed E-state index contributed by atoms with van der Waals surface area (Å²) in [6, 6.07) is 24.0. The van der Waals surface area contributed by atoms with Crippen LogP contribution in [0.5, 0.6) is 0 Å². The molecule has 0 saturated carbocycles. The molecule has 2 aliphatic heterocycles. The van der Waals surface area contributed by atoms with Crippen LogP contribution in [-0.4, -0.2) is 16.7 Å². The number of benzene rings is 3. The first-order valence-corrected chi connectivity index (χ1v) is 12.8. The maximum absolute atomic E-state index is 14.8. The number of aryl methyl sites for hydroxylation is 2. The molecule has 192 valence electrons. The zero-order valence-corrected chi connectivity index (χ0v) is 21.4. The number of hydrogen-bond acceptors (Lipinski definition) is 5. The number of fused-ring (bicyclic) bond motifs is 5. The molecular weight excluding hydrogens is 492 g/mol. The third-order valence-electron chi connectivity index (χ3n) is 7.87.